The van der Waals surface area contributed by atoms with E-state index in [1.807, 2.05) is 12.3 Å². The van der Waals surface area contributed by atoms with Gasteiger partial charge >= 0.3 is 0 Å². The Bertz CT molecular complexity index is 174. The van der Waals surface area contributed by atoms with Gasteiger partial charge in [0.05, 0.1) is 0 Å². The summed E-state index contributed by atoms with van der Waals surface area (Å²) in [7, 11) is 0. The second-order valence-electron chi connectivity index (χ2n) is 2.02. The molecule has 0 rings (SSSR count). The maximum Gasteiger partial charge on any atom is 0.242 e. The van der Waals surface area contributed by atoms with E-state index in [4.69, 9.17) is 11.4 Å². The van der Waals surface area contributed by atoms with Crippen molar-refractivity contribution in [2.75, 3.05) is 0 Å². The van der Waals surface area contributed by atoms with Crippen molar-refractivity contribution in [3.8, 4) is 0 Å². The molecule has 62 valence electrons. The second-order valence-corrected chi connectivity index (χ2v) is 2.02. The zero-order chi connectivity index (χ0) is 8.69. The van der Waals surface area contributed by atoms with E-state index >= 15 is 0 Å². The second kappa shape index (κ2) is 5.52. The standard InChI is InChI=1S/C5H11N5O/c1-2-3-4(9-10-7)5(11)8-6/h4H,2-3,6H2,1H3,(H,8,11). The smallest absolute Gasteiger partial charge is 0.242 e. The third kappa shape index (κ3) is 3.44. The number of rotatable bonds is 4. The molecule has 3 N–H and O–H groups in total. The fraction of sp³-hybridized carbons (Fsp3) is 0.800. The van der Waals surface area contributed by atoms with Gasteiger partial charge in [-0.05, 0) is 12.0 Å². The van der Waals surface area contributed by atoms with Gasteiger partial charge in [0.2, 0.25) is 5.91 Å². The number of carbonyl (C=O) groups is 1. The molecule has 0 heterocycles. The summed E-state index contributed by atoms with van der Waals surface area (Å²) in [4.78, 5) is 13.3. The molecule has 0 aliphatic carbocycles. The molecule has 0 bridgehead atoms. The van der Waals surface area contributed by atoms with Gasteiger partial charge in [-0.3, -0.25) is 10.2 Å². The Morgan fingerprint density at radius 3 is 2.91 bits per heavy atom. The first-order valence-electron chi connectivity index (χ1n) is 3.31. The van der Waals surface area contributed by atoms with Crippen molar-refractivity contribution >= 4 is 5.91 Å². The molecule has 1 amide bonds. The van der Waals surface area contributed by atoms with Gasteiger partial charge in [-0.2, -0.15) is 0 Å². The van der Waals surface area contributed by atoms with Crippen molar-refractivity contribution in [3.05, 3.63) is 10.4 Å². The highest BCUT2D eigenvalue weighted by molar-refractivity contribution is 5.81. The van der Waals surface area contributed by atoms with Crippen LogP contribution in [0.2, 0.25) is 0 Å². The molecule has 1 atom stereocenters. The van der Waals surface area contributed by atoms with Crippen molar-refractivity contribution in [2.45, 2.75) is 25.8 Å². The lowest BCUT2D eigenvalue weighted by Gasteiger charge is -2.05. The zero-order valence-corrected chi connectivity index (χ0v) is 6.32. The predicted molar refractivity (Wildman–Crippen MR) is 40.2 cm³/mol. The van der Waals surface area contributed by atoms with E-state index in [9.17, 15) is 4.79 Å². The van der Waals surface area contributed by atoms with Crippen LogP contribution >= 0.6 is 0 Å². The molecular weight excluding hydrogens is 146 g/mol. The summed E-state index contributed by atoms with van der Waals surface area (Å²) >= 11 is 0. The van der Waals surface area contributed by atoms with Crippen LogP contribution in [-0.4, -0.2) is 11.9 Å². The summed E-state index contributed by atoms with van der Waals surface area (Å²) in [5.41, 5.74) is 9.98. The number of nitrogens with two attached hydrogens (primary N) is 1. The molecule has 6 heteroatoms. The summed E-state index contributed by atoms with van der Waals surface area (Å²) in [6.45, 7) is 1.89. The van der Waals surface area contributed by atoms with Crippen molar-refractivity contribution in [1.82, 2.24) is 5.43 Å². The molecular formula is C5H11N5O. The van der Waals surface area contributed by atoms with Crippen LogP contribution in [0.5, 0.6) is 0 Å². The Morgan fingerprint density at radius 2 is 2.55 bits per heavy atom. The molecule has 0 saturated heterocycles. The minimum absolute atomic E-state index is 0.440. The number of hydrogen-bond donors (Lipinski definition) is 2. The van der Waals surface area contributed by atoms with Crippen LogP contribution in [0.15, 0.2) is 5.11 Å². The highest BCUT2D eigenvalue weighted by Gasteiger charge is 2.13. The van der Waals surface area contributed by atoms with Gasteiger partial charge in [0.25, 0.3) is 0 Å². The Hall–Kier alpha value is -1.26. The van der Waals surface area contributed by atoms with Crippen LogP contribution in [0.25, 0.3) is 10.4 Å². The number of hydrazine groups is 1. The minimum atomic E-state index is -0.671. The van der Waals surface area contributed by atoms with Crippen molar-refractivity contribution in [1.29, 1.82) is 0 Å². The average molecular weight is 157 g/mol. The quantitative estimate of drug-likeness (QED) is 0.154. The maximum atomic E-state index is 10.8. The Morgan fingerprint density at radius 1 is 1.91 bits per heavy atom. The van der Waals surface area contributed by atoms with E-state index in [0.717, 1.165) is 6.42 Å². The van der Waals surface area contributed by atoms with Crippen molar-refractivity contribution in [2.24, 2.45) is 11.0 Å². The minimum Gasteiger partial charge on any atom is -0.294 e. The number of nitrogens with one attached hydrogen (secondary N) is 1. The van der Waals surface area contributed by atoms with Gasteiger partial charge < -0.3 is 0 Å². The van der Waals surface area contributed by atoms with Gasteiger partial charge in [0, 0.05) is 4.91 Å². The fourth-order valence-electron chi connectivity index (χ4n) is 0.673. The molecule has 0 aromatic heterocycles. The molecule has 0 aromatic carbocycles. The lowest BCUT2D eigenvalue weighted by Crippen LogP contribution is -2.37. The van der Waals surface area contributed by atoms with Gasteiger partial charge in [-0.15, -0.1) is 0 Å². The Labute approximate surface area is 64.4 Å². The van der Waals surface area contributed by atoms with E-state index in [0.29, 0.717) is 6.42 Å². The number of azide groups is 1. The average Bonchev–Trinajstić information content (AvgIpc) is 2.03. The molecule has 0 saturated carbocycles. The largest absolute Gasteiger partial charge is 0.294 e. The first-order valence-corrected chi connectivity index (χ1v) is 3.31. The van der Waals surface area contributed by atoms with E-state index in [-0.39, 0.29) is 0 Å². The van der Waals surface area contributed by atoms with Gasteiger partial charge in [0.15, 0.2) is 0 Å². The van der Waals surface area contributed by atoms with E-state index in [2.05, 4.69) is 10.0 Å². The molecule has 1 unspecified atom stereocenters. The SMILES string of the molecule is CCCC(N=[N+]=[N-])C(=O)NN. The van der Waals surface area contributed by atoms with Gasteiger partial charge in [0.1, 0.15) is 6.04 Å². The van der Waals surface area contributed by atoms with Gasteiger partial charge in [-0.25, -0.2) is 5.84 Å². The summed E-state index contributed by atoms with van der Waals surface area (Å²) in [6.07, 6.45) is 1.30. The van der Waals surface area contributed by atoms with Crippen LogP contribution in [0.4, 0.5) is 0 Å². The number of nitrogens with zero attached hydrogens (tertiary/aromatic N) is 3. The summed E-state index contributed by atoms with van der Waals surface area (Å²) in [5, 5.41) is 3.27. The number of amides is 1. The summed E-state index contributed by atoms with van der Waals surface area (Å²) in [6, 6.07) is -0.671. The topological polar surface area (TPSA) is 104 Å². The molecule has 0 spiro atoms. The molecule has 0 aliphatic rings. The van der Waals surface area contributed by atoms with Crippen molar-refractivity contribution < 1.29 is 4.79 Å². The number of hydrogen-bond acceptors (Lipinski definition) is 3. The maximum absolute atomic E-state index is 10.8. The van der Waals surface area contributed by atoms with E-state index in [1.165, 1.54) is 0 Å². The highest BCUT2D eigenvalue weighted by Crippen LogP contribution is 2.01. The van der Waals surface area contributed by atoms with Crippen LogP contribution in [0.3, 0.4) is 0 Å². The molecule has 11 heavy (non-hydrogen) atoms. The van der Waals surface area contributed by atoms with E-state index in [1.54, 1.807) is 0 Å². The fourth-order valence-corrected chi connectivity index (χ4v) is 0.673. The molecule has 0 aromatic rings. The van der Waals surface area contributed by atoms with Crippen LogP contribution in [0, 0.1) is 0 Å². The predicted octanol–water partition coefficient (Wildman–Crippen LogP) is 0.455. The molecule has 6 nitrogen and oxygen atoms in total. The molecule has 0 aliphatic heterocycles. The lowest BCUT2D eigenvalue weighted by atomic mass is 10.2. The molecule has 0 fully saturated rings. The highest BCUT2D eigenvalue weighted by atomic mass is 16.2. The normalized spacial score (nSPS) is 11.5. The van der Waals surface area contributed by atoms with E-state index < -0.39 is 11.9 Å². The Balaban J connectivity index is 4.08. The summed E-state index contributed by atoms with van der Waals surface area (Å²) < 4.78 is 0. The van der Waals surface area contributed by atoms with Crippen LogP contribution in [-0.2, 0) is 4.79 Å². The Kier molecular flexibility index (Phi) is 4.89. The monoisotopic (exact) mass is 157 g/mol. The van der Waals surface area contributed by atoms with Crippen LogP contribution in [0.1, 0.15) is 19.8 Å². The lowest BCUT2D eigenvalue weighted by molar-refractivity contribution is -0.122. The van der Waals surface area contributed by atoms with Gasteiger partial charge in [-0.1, -0.05) is 18.5 Å². The first-order chi connectivity index (χ1) is 5.26. The third-order valence-corrected chi connectivity index (χ3v) is 1.20. The summed E-state index contributed by atoms with van der Waals surface area (Å²) in [5.74, 6) is 4.41. The molecule has 0 radical (unpaired) electrons. The number of carbonyl (C=O) groups excluding carboxylic acids is 1. The zero-order valence-electron chi connectivity index (χ0n) is 6.32. The van der Waals surface area contributed by atoms with Crippen molar-refractivity contribution in [3.63, 3.8) is 0 Å². The first kappa shape index (κ1) is 9.74. The van der Waals surface area contributed by atoms with Crippen LogP contribution < -0.4 is 11.3 Å². The third-order valence-electron chi connectivity index (χ3n) is 1.20.